The second kappa shape index (κ2) is 7.73. The van der Waals surface area contributed by atoms with E-state index in [1.54, 1.807) is 6.07 Å². The number of anilines is 1. The number of furan rings is 1. The summed E-state index contributed by atoms with van der Waals surface area (Å²) < 4.78 is 5.69. The Labute approximate surface area is 145 Å². The van der Waals surface area contributed by atoms with Crippen LogP contribution >= 0.6 is 15.9 Å². The first-order valence-electron chi connectivity index (χ1n) is 6.95. The number of rotatable bonds is 6. The number of amides is 2. The zero-order chi connectivity index (χ0) is 17.7. The van der Waals surface area contributed by atoms with E-state index >= 15 is 0 Å². The Kier molecular flexibility index (Phi) is 5.69. The van der Waals surface area contributed by atoms with Crippen molar-refractivity contribution >= 4 is 39.3 Å². The molecule has 0 unspecified atom stereocenters. The van der Waals surface area contributed by atoms with Crippen LogP contribution in [0.25, 0.3) is 0 Å². The third-order valence-corrected chi connectivity index (χ3v) is 3.59. The molecule has 0 saturated heterocycles. The minimum absolute atomic E-state index is 0.0596. The molecular formula is C15H14BrN3O5. The van der Waals surface area contributed by atoms with Crippen LogP contribution in [-0.2, 0) is 4.79 Å². The molecule has 24 heavy (non-hydrogen) atoms. The van der Waals surface area contributed by atoms with Crippen molar-refractivity contribution in [1.82, 2.24) is 5.32 Å². The highest BCUT2D eigenvalue weighted by Gasteiger charge is 2.17. The molecule has 0 atom stereocenters. The van der Waals surface area contributed by atoms with Crippen molar-refractivity contribution in [3.63, 3.8) is 0 Å². The molecule has 2 aromatic rings. The average Bonchev–Trinajstić information content (AvgIpc) is 3.00. The van der Waals surface area contributed by atoms with Crippen LogP contribution in [0.15, 0.2) is 39.2 Å². The molecule has 1 aromatic heterocycles. The Morgan fingerprint density at radius 1 is 1.29 bits per heavy atom. The van der Waals surface area contributed by atoms with Crippen molar-refractivity contribution in [1.29, 1.82) is 0 Å². The molecule has 0 aliphatic heterocycles. The highest BCUT2D eigenvalue weighted by Crippen LogP contribution is 2.20. The Morgan fingerprint density at radius 2 is 2.04 bits per heavy atom. The molecule has 1 aromatic carbocycles. The molecule has 0 bridgehead atoms. The van der Waals surface area contributed by atoms with Crippen LogP contribution in [-0.4, -0.2) is 23.3 Å². The van der Waals surface area contributed by atoms with Crippen LogP contribution in [0.4, 0.5) is 11.6 Å². The Balaban J connectivity index is 1.81. The van der Waals surface area contributed by atoms with Crippen LogP contribution in [0, 0.1) is 17.0 Å². The lowest BCUT2D eigenvalue weighted by Crippen LogP contribution is -2.27. The Hall–Kier alpha value is -2.68. The maximum Gasteiger partial charge on any atom is 0.433 e. The van der Waals surface area contributed by atoms with Crippen LogP contribution in [0.1, 0.15) is 22.5 Å². The second-order valence-corrected chi connectivity index (χ2v) is 5.82. The van der Waals surface area contributed by atoms with Gasteiger partial charge in [0, 0.05) is 23.1 Å². The van der Waals surface area contributed by atoms with Crippen molar-refractivity contribution in [3.05, 3.63) is 56.2 Å². The van der Waals surface area contributed by atoms with Crippen molar-refractivity contribution in [2.45, 2.75) is 13.3 Å². The lowest BCUT2D eigenvalue weighted by molar-refractivity contribution is -0.402. The van der Waals surface area contributed by atoms with Gasteiger partial charge < -0.3 is 15.1 Å². The SMILES string of the molecule is Cc1cc(Br)ccc1NC(=O)CCNC(=O)c1ccc([N+](=O)[O-])o1. The van der Waals surface area contributed by atoms with Gasteiger partial charge in [0.15, 0.2) is 5.76 Å². The molecule has 2 N–H and O–H groups in total. The number of carbonyl (C=O) groups is 2. The van der Waals surface area contributed by atoms with Gasteiger partial charge in [0.2, 0.25) is 5.91 Å². The van der Waals surface area contributed by atoms with Crippen molar-refractivity contribution in [2.24, 2.45) is 0 Å². The van der Waals surface area contributed by atoms with E-state index < -0.39 is 16.7 Å². The molecule has 9 heteroatoms. The molecule has 2 amide bonds. The van der Waals surface area contributed by atoms with Crippen LogP contribution in [0.5, 0.6) is 0 Å². The highest BCUT2D eigenvalue weighted by atomic mass is 79.9. The van der Waals surface area contributed by atoms with E-state index in [1.165, 1.54) is 6.07 Å². The summed E-state index contributed by atoms with van der Waals surface area (Å²) in [5.41, 5.74) is 1.60. The van der Waals surface area contributed by atoms with Crippen LogP contribution in [0.3, 0.4) is 0 Å². The van der Waals surface area contributed by atoms with Gasteiger partial charge in [-0.1, -0.05) is 15.9 Å². The predicted octanol–water partition coefficient (Wildman–Crippen LogP) is 3.02. The molecule has 126 valence electrons. The summed E-state index contributed by atoms with van der Waals surface area (Å²) in [7, 11) is 0. The summed E-state index contributed by atoms with van der Waals surface area (Å²) in [5, 5.41) is 15.7. The van der Waals surface area contributed by atoms with Crippen molar-refractivity contribution in [3.8, 4) is 0 Å². The van der Waals surface area contributed by atoms with E-state index in [0.717, 1.165) is 16.1 Å². The van der Waals surface area contributed by atoms with E-state index in [-0.39, 0.29) is 24.6 Å². The van der Waals surface area contributed by atoms with Crippen molar-refractivity contribution in [2.75, 3.05) is 11.9 Å². The van der Waals surface area contributed by atoms with Crippen LogP contribution < -0.4 is 10.6 Å². The molecular weight excluding hydrogens is 382 g/mol. The number of carbonyl (C=O) groups excluding carboxylic acids is 2. The summed E-state index contributed by atoms with van der Waals surface area (Å²) in [4.78, 5) is 33.4. The molecule has 8 nitrogen and oxygen atoms in total. The number of nitrogens with one attached hydrogen (secondary N) is 2. The third kappa shape index (κ3) is 4.66. The average molecular weight is 396 g/mol. The summed E-state index contributed by atoms with van der Waals surface area (Å²) in [6, 6.07) is 7.77. The smallest absolute Gasteiger partial charge is 0.395 e. The number of nitrogens with zero attached hydrogens (tertiary/aromatic N) is 1. The highest BCUT2D eigenvalue weighted by molar-refractivity contribution is 9.10. The number of nitro groups is 1. The molecule has 0 aliphatic rings. The molecule has 0 radical (unpaired) electrons. The molecule has 0 aliphatic carbocycles. The van der Waals surface area contributed by atoms with Gasteiger partial charge in [0.1, 0.15) is 4.92 Å². The van der Waals surface area contributed by atoms with Gasteiger partial charge in [-0.15, -0.1) is 0 Å². The van der Waals surface area contributed by atoms with Gasteiger partial charge in [-0.3, -0.25) is 19.7 Å². The molecule has 2 rings (SSSR count). The quantitative estimate of drug-likeness (QED) is 0.576. The summed E-state index contributed by atoms with van der Waals surface area (Å²) >= 11 is 3.34. The first kappa shape index (κ1) is 17.7. The van der Waals surface area contributed by atoms with Gasteiger partial charge in [-0.2, -0.15) is 0 Å². The van der Waals surface area contributed by atoms with Gasteiger partial charge in [-0.05, 0) is 36.8 Å². The van der Waals surface area contributed by atoms with E-state index in [2.05, 4.69) is 26.6 Å². The topological polar surface area (TPSA) is 114 Å². The lowest BCUT2D eigenvalue weighted by atomic mass is 10.2. The van der Waals surface area contributed by atoms with Crippen LogP contribution in [0.2, 0.25) is 0 Å². The fraction of sp³-hybridized carbons (Fsp3) is 0.200. The van der Waals surface area contributed by atoms with Gasteiger partial charge in [-0.25, -0.2) is 0 Å². The predicted molar refractivity (Wildman–Crippen MR) is 89.8 cm³/mol. The summed E-state index contributed by atoms with van der Waals surface area (Å²) in [6.45, 7) is 1.95. The molecule has 0 spiro atoms. The van der Waals surface area contributed by atoms with Gasteiger partial charge >= 0.3 is 5.88 Å². The van der Waals surface area contributed by atoms with Crippen molar-refractivity contribution < 1.29 is 18.9 Å². The lowest BCUT2D eigenvalue weighted by Gasteiger charge is -2.09. The second-order valence-electron chi connectivity index (χ2n) is 4.91. The van der Waals surface area contributed by atoms with E-state index in [1.807, 2.05) is 19.1 Å². The maximum absolute atomic E-state index is 11.9. The number of hydrogen-bond donors (Lipinski definition) is 2. The standard InChI is InChI=1S/C15H14BrN3O5/c1-9-8-10(16)2-3-11(9)18-13(20)6-7-17-15(21)12-4-5-14(24-12)19(22)23/h2-5,8H,6-7H2,1H3,(H,17,21)(H,18,20). The zero-order valence-electron chi connectivity index (χ0n) is 12.7. The number of benzene rings is 1. The summed E-state index contributed by atoms with van der Waals surface area (Å²) in [5.74, 6) is -1.56. The minimum atomic E-state index is -0.731. The number of hydrogen-bond acceptors (Lipinski definition) is 5. The molecule has 0 fully saturated rings. The van der Waals surface area contributed by atoms with E-state index in [4.69, 9.17) is 4.42 Å². The monoisotopic (exact) mass is 395 g/mol. The van der Waals surface area contributed by atoms with Gasteiger partial charge in [0.25, 0.3) is 5.91 Å². The minimum Gasteiger partial charge on any atom is -0.395 e. The first-order chi connectivity index (χ1) is 11.4. The third-order valence-electron chi connectivity index (χ3n) is 3.10. The van der Waals surface area contributed by atoms with E-state index in [9.17, 15) is 19.7 Å². The maximum atomic E-state index is 11.9. The fourth-order valence-corrected chi connectivity index (χ4v) is 2.38. The molecule has 1 heterocycles. The normalized spacial score (nSPS) is 10.2. The fourth-order valence-electron chi connectivity index (χ4n) is 1.90. The summed E-state index contributed by atoms with van der Waals surface area (Å²) in [6.07, 6.45) is 0.0596. The first-order valence-corrected chi connectivity index (χ1v) is 7.74. The Morgan fingerprint density at radius 3 is 2.67 bits per heavy atom. The largest absolute Gasteiger partial charge is 0.433 e. The van der Waals surface area contributed by atoms with Gasteiger partial charge in [0.05, 0.1) is 6.07 Å². The van der Waals surface area contributed by atoms with E-state index in [0.29, 0.717) is 5.69 Å². The Bertz CT molecular complexity index is 787. The molecule has 0 saturated carbocycles. The number of aryl methyl sites for hydroxylation is 1. The number of halogens is 1. The zero-order valence-corrected chi connectivity index (χ0v) is 14.3.